The Morgan fingerprint density at radius 1 is 1.41 bits per heavy atom. The maximum atomic E-state index is 11.2. The summed E-state index contributed by atoms with van der Waals surface area (Å²) in [4.78, 5) is 15.4. The van der Waals surface area contributed by atoms with Gasteiger partial charge in [-0.25, -0.2) is 4.79 Å². The Balaban J connectivity index is 2.49. The van der Waals surface area contributed by atoms with E-state index in [2.05, 4.69) is 35.8 Å². The van der Waals surface area contributed by atoms with Crippen molar-refractivity contribution in [2.75, 3.05) is 13.7 Å². The molecular formula is C13H20N2O2. The Kier molecular flexibility index (Phi) is 4.63. The molecule has 1 N–H and O–H groups in total. The van der Waals surface area contributed by atoms with E-state index in [1.807, 2.05) is 6.07 Å². The zero-order valence-electron chi connectivity index (χ0n) is 10.9. The van der Waals surface area contributed by atoms with Gasteiger partial charge in [-0.15, -0.1) is 0 Å². The molecule has 4 nitrogen and oxygen atoms in total. The average molecular weight is 236 g/mol. The van der Waals surface area contributed by atoms with Crippen LogP contribution in [0.15, 0.2) is 18.3 Å². The van der Waals surface area contributed by atoms with Crippen LogP contribution in [-0.2, 0) is 11.3 Å². The van der Waals surface area contributed by atoms with Crippen LogP contribution in [0.1, 0.15) is 36.8 Å². The molecule has 0 saturated carbocycles. The number of hydrogen-bond donors (Lipinski definition) is 1. The highest BCUT2D eigenvalue weighted by Crippen LogP contribution is 2.10. The molecule has 0 aliphatic carbocycles. The number of rotatable bonds is 4. The lowest BCUT2D eigenvalue weighted by molar-refractivity contribution is 0.0600. The summed E-state index contributed by atoms with van der Waals surface area (Å²) in [5.74, 6) is -0.355. The Hall–Kier alpha value is -1.42. The minimum atomic E-state index is -0.355. The van der Waals surface area contributed by atoms with Crippen LogP contribution in [0, 0.1) is 5.41 Å². The van der Waals surface area contributed by atoms with Gasteiger partial charge < -0.3 is 10.1 Å². The molecule has 0 aliphatic heterocycles. The highest BCUT2D eigenvalue weighted by Gasteiger charge is 2.09. The quantitative estimate of drug-likeness (QED) is 0.812. The van der Waals surface area contributed by atoms with E-state index in [0.717, 1.165) is 12.2 Å². The number of ether oxygens (including phenoxy) is 1. The normalized spacial score (nSPS) is 11.3. The van der Waals surface area contributed by atoms with Crippen LogP contribution in [0.2, 0.25) is 0 Å². The molecule has 0 radical (unpaired) electrons. The summed E-state index contributed by atoms with van der Waals surface area (Å²) in [5, 5.41) is 3.33. The van der Waals surface area contributed by atoms with E-state index < -0.39 is 0 Å². The molecule has 1 heterocycles. The van der Waals surface area contributed by atoms with Gasteiger partial charge in [0.05, 0.1) is 18.4 Å². The molecule has 17 heavy (non-hydrogen) atoms. The summed E-state index contributed by atoms with van der Waals surface area (Å²) >= 11 is 0. The molecule has 1 rings (SSSR count). The topological polar surface area (TPSA) is 51.2 Å². The third kappa shape index (κ3) is 4.95. The second-order valence-electron chi connectivity index (χ2n) is 5.19. The Labute approximate surface area is 102 Å². The van der Waals surface area contributed by atoms with Gasteiger partial charge in [-0.2, -0.15) is 0 Å². The molecule has 0 spiro atoms. The van der Waals surface area contributed by atoms with Gasteiger partial charge in [0.2, 0.25) is 0 Å². The average Bonchev–Trinajstić information content (AvgIpc) is 2.27. The SMILES string of the molecule is COC(=O)c1ccc(CNCC(C)(C)C)nc1. The van der Waals surface area contributed by atoms with E-state index in [-0.39, 0.29) is 11.4 Å². The van der Waals surface area contributed by atoms with Gasteiger partial charge in [-0.3, -0.25) is 4.98 Å². The third-order valence-electron chi connectivity index (χ3n) is 2.21. The van der Waals surface area contributed by atoms with E-state index in [0.29, 0.717) is 12.1 Å². The second-order valence-corrected chi connectivity index (χ2v) is 5.19. The maximum Gasteiger partial charge on any atom is 0.339 e. The summed E-state index contributed by atoms with van der Waals surface area (Å²) < 4.78 is 4.61. The first kappa shape index (κ1) is 13.6. The molecule has 1 aromatic rings. The van der Waals surface area contributed by atoms with Crippen molar-refractivity contribution < 1.29 is 9.53 Å². The summed E-state index contributed by atoms with van der Waals surface area (Å²) in [6.07, 6.45) is 1.54. The lowest BCUT2D eigenvalue weighted by Gasteiger charge is -2.18. The molecule has 0 saturated heterocycles. The number of methoxy groups -OCH3 is 1. The number of nitrogens with one attached hydrogen (secondary N) is 1. The molecule has 0 bridgehead atoms. The first-order valence-corrected chi connectivity index (χ1v) is 5.66. The van der Waals surface area contributed by atoms with E-state index in [1.165, 1.54) is 7.11 Å². The summed E-state index contributed by atoms with van der Waals surface area (Å²) in [7, 11) is 1.36. The molecule has 0 unspecified atom stereocenters. The fourth-order valence-corrected chi connectivity index (χ4v) is 1.33. The van der Waals surface area contributed by atoms with Gasteiger partial charge in [0.25, 0.3) is 0 Å². The predicted molar refractivity (Wildman–Crippen MR) is 66.7 cm³/mol. The van der Waals surface area contributed by atoms with Crippen LogP contribution in [-0.4, -0.2) is 24.6 Å². The number of carbonyl (C=O) groups excluding carboxylic acids is 1. The fraction of sp³-hybridized carbons (Fsp3) is 0.538. The van der Waals surface area contributed by atoms with Crippen molar-refractivity contribution in [2.45, 2.75) is 27.3 Å². The fourth-order valence-electron chi connectivity index (χ4n) is 1.33. The van der Waals surface area contributed by atoms with Crippen LogP contribution in [0.4, 0.5) is 0 Å². The molecule has 4 heteroatoms. The molecule has 94 valence electrons. The zero-order valence-corrected chi connectivity index (χ0v) is 10.9. The first-order valence-electron chi connectivity index (χ1n) is 5.66. The summed E-state index contributed by atoms with van der Waals surface area (Å²) in [6, 6.07) is 3.56. The Bertz CT molecular complexity index is 366. The molecule has 0 aliphatic rings. The zero-order chi connectivity index (χ0) is 12.9. The molecule has 0 atom stereocenters. The number of esters is 1. The maximum absolute atomic E-state index is 11.2. The monoisotopic (exact) mass is 236 g/mol. The number of aromatic nitrogens is 1. The predicted octanol–water partition coefficient (Wildman–Crippen LogP) is 2.00. The van der Waals surface area contributed by atoms with Gasteiger partial charge in [0.1, 0.15) is 0 Å². The van der Waals surface area contributed by atoms with Gasteiger partial charge in [-0.05, 0) is 17.5 Å². The Morgan fingerprint density at radius 2 is 2.12 bits per heavy atom. The van der Waals surface area contributed by atoms with Gasteiger partial charge in [0, 0.05) is 19.3 Å². The number of hydrogen-bond acceptors (Lipinski definition) is 4. The standard InChI is InChI=1S/C13H20N2O2/c1-13(2,3)9-14-8-11-6-5-10(7-15-11)12(16)17-4/h5-7,14H,8-9H2,1-4H3. The van der Waals surface area contributed by atoms with Crippen molar-refractivity contribution >= 4 is 5.97 Å². The Morgan fingerprint density at radius 3 is 2.59 bits per heavy atom. The van der Waals surface area contributed by atoms with Crippen molar-refractivity contribution in [1.82, 2.24) is 10.3 Å². The molecular weight excluding hydrogens is 216 g/mol. The van der Waals surface area contributed by atoms with Crippen LogP contribution < -0.4 is 5.32 Å². The van der Waals surface area contributed by atoms with Gasteiger partial charge in [0.15, 0.2) is 0 Å². The summed E-state index contributed by atoms with van der Waals surface area (Å²) in [5.41, 5.74) is 1.65. The highest BCUT2D eigenvalue weighted by atomic mass is 16.5. The smallest absolute Gasteiger partial charge is 0.339 e. The van der Waals surface area contributed by atoms with Crippen molar-refractivity contribution in [3.8, 4) is 0 Å². The van der Waals surface area contributed by atoms with Crippen molar-refractivity contribution in [3.05, 3.63) is 29.6 Å². The number of nitrogens with zero attached hydrogens (tertiary/aromatic N) is 1. The van der Waals surface area contributed by atoms with Crippen LogP contribution in [0.3, 0.4) is 0 Å². The lowest BCUT2D eigenvalue weighted by Crippen LogP contribution is -2.26. The molecule has 1 aromatic heterocycles. The summed E-state index contributed by atoms with van der Waals surface area (Å²) in [6.45, 7) is 8.15. The minimum absolute atomic E-state index is 0.256. The van der Waals surface area contributed by atoms with Gasteiger partial charge >= 0.3 is 5.97 Å². The highest BCUT2D eigenvalue weighted by molar-refractivity contribution is 5.88. The minimum Gasteiger partial charge on any atom is -0.465 e. The molecule has 0 aromatic carbocycles. The molecule has 0 fully saturated rings. The third-order valence-corrected chi connectivity index (χ3v) is 2.21. The van der Waals surface area contributed by atoms with Crippen LogP contribution in [0.25, 0.3) is 0 Å². The van der Waals surface area contributed by atoms with Crippen LogP contribution in [0.5, 0.6) is 0 Å². The van der Waals surface area contributed by atoms with E-state index in [4.69, 9.17) is 0 Å². The first-order chi connectivity index (χ1) is 7.92. The van der Waals surface area contributed by atoms with E-state index in [1.54, 1.807) is 12.3 Å². The largest absolute Gasteiger partial charge is 0.465 e. The van der Waals surface area contributed by atoms with E-state index >= 15 is 0 Å². The van der Waals surface area contributed by atoms with Crippen LogP contribution >= 0.6 is 0 Å². The van der Waals surface area contributed by atoms with E-state index in [9.17, 15) is 4.79 Å². The van der Waals surface area contributed by atoms with Crippen molar-refractivity contribution in [3.63, 3.8) is 0 Å². The van der Waals surface area contributed by atoms with Crippen molar-refractivity contribution in [1.29, 1.82) is 0 Å². The lowest BCUT2D eigenvalue weighted by atomic mass is 9.97. The number of carbonyl (C=O) groups is 1. The second kappa shape index (κ2) is 5.77. The van der Waals surface area contributed by atoms with Crippen molar-refractivity contribution in [2.24, 2.45) is 5.41 Å². The number of pyridine rings is 1. The van der Waals surface area contributed by atoms with Gasteiger partial charge in [-0.1, -0.05) is 20.8 Å². The molecule has 0 amide bonds.